The van der Waals surface area contributed by atoms with Gasteiger partial charge in [-0.25, -0.2) is 9.97 Å². The number of carbonyl (C=O) groups excluding carboxylic acids is 1. The van der Waals surface area contributed by atoms with Crippen molar-refractivity contribution in [3.8, 4) is 5.75 Å². The molecule has 4 nitrogen and oxygen atoms in total. The molecule has 1 heterocycles. The fraction of sp³-hybridized carbons (Fsp3) is 0.105. The smallest absolute Gasteiger partial charge is 0.171 e. The molecular formula is C19H15BrN2O2. The van der Waals surface area contributed by atoms with Gasteiger partial charge in [0.05, 0.1) is 5.56 Å². The molecule has 3 rings (SSSR count). The molecule has 120 valence electrons. The van der Waals surface area contributed by atoms with Crippen LogP contribution in [-0.2, 0) is 13.0 Å². The zero-order chi connectivity index (χ0) is 16.8. The second kappa shape index (κ2) is 7.84. The first-order valence-electron chi connectivity index (χ1n) is 7.46. The van der Waals surface area contributed by atoms with Gasteiger partial charge in [0, 0.05) is 23.3 Å². The van der Waals surface area contributed by atoms with Crippen LogP contribution >= 0.6 is 15.9 Å². The van der Waals surface area contributed by atoms with Gasteiger partial charge in [0.2, 0.25) is 0 Å². The van der Waals surface area contributed by atoms with E-state index in [9.17, 15) is 4.79 Å². The number of ether oxygens (including phenoxy) is 1. The molecule has 0 radical (unpaired) electrons. The number of aromatic nitrogens is 2. The van der Waals surface area contributed by atoms with E-state index in [0.29, 0.717) is 17.9 Å². The molecule has 0 N–H and O–H groups in total. The van der Waals surface area contributed by atoms with E-state index in [0.717, 1.165) is 15.6 Å². The van der Waals surface area contributed by atoms with Crippen LogP contribution in [0.5, 0.6) is 5.75 Å². The van der Waals surface area contributed by atoms with E-state index < -0.39 is 0 Å². The van der Waals surface area contributed by atoms with Crippen LogP contribution in [0.4, 0.5) is 0 Å². The zero-order valence-corrected chi connectivity index (χ0v) is 14.4. The first-order valence-corrected chi connectivity index (χ1v) is 8.25. The summed E-state index contributed by atoms with van der Waals surface area (Å²) in [4.78, 5) is 20.5. The molecule has 0 saturated heterocycles. The number of Topliss-reactive ketones (excluding diaryl/α,β-unsaturated/α-hetero) is 1. The summed E-state index contributed by atoms with van der Waals surface area (Å²) >= 11 is 3.41. The topological polar surface area (TPSA) is 52.1 Å². The minimum Gasteiger partial charge on any atom is -0.488 e. The molecule has 0 aliphatic rings. The van der Waals surface area contributed by atoms with Gasteiger partial charge in [0.25, 0.3) is 0 Å². The molecule has 5 heteroatoms. The summed E-state index contributed by atoms with van der Waals surface area (Å²) in [6.45, 7) is 0.414. The molecule has 0 unspecified atom stereocenters. The summed E-state index contributed by atoms with van der Waals surface area (Å²) in [5.74, 6) is 0.540. The third kappa shape index (κ3) is 4.26. The highest BCUT2D eigenvalue weighted by Crippen LogP contribution is 2.25. The number of hydrogen-bond donors (Lipinski definition) is 0. The summed E-state index contributed by atoms with van der Waals surface area (Å²) in [6, 6.07) is 15.3. The van der Waals surface area contributed by atoms with Crippen molar-refractivity contribution >= 4 is 21.7 Å². The van der Waals surface area contributed by atoms with Crippen molar-refractivity contribution in [1.82, 2.24) is 9.97 Å². The van der Waals surface area contributed by atoms with Gasteiger partial charge in [-0.3, -0.25) is 4.79 Å². The van der Waals surface area contributed by atoms with Crippen molar-refractivity contribution in [1.29, 1.82) is 0 Å². The van der Waals surface area contributed by atoms with Crippen molar-refractivity contribution in [2.75, 3.05) is 0 Å². The predicted octanol–water partition coefficient (Wildman–Crippen LogP) is 4.24. The van der Waals surface area contributed by atoms with Crippen LogP contribution in [0, 0.1) is 0 Å². The Hall–Kier alpha value is -2.53. The molecule has 0 fully saturated rings. The summed E-state index contributed by atoms with van der Waals surface area (Å²) < 4.78 is 6.70. The second-order valence-corrected chi connectivity index (χ2v) is 6.18. The number of carbonyl (C=O) groups is 1. The van der Waals surface area contributed by atoms with Gasteiger partial charge in [-0.15, -0.1) is 0 Å². The summed E-state index contributed by atoms with van der Waals surface area (Å²) in [5.41, 5.74) is 2.37. The lowest BCUT2D eigenvalue weighted by molar-refractivity contribution is 0.0988. The molecule has 24 heavy (non-hydrogen) atoms. The Morgan fingerprint density at radius 2 is 1.75 bits per heavy atom. The van der Waals surface area contributed by atoms with Gasteiger partial charge in [-0.2, -0.15) is 0 Å². The lowest BCUT2D eigenvalue weighted by atomic mass is 10.0. The third-order valence-corrected chi connectivity index (χ3v) is 3.95. The van der Waals surface area contributed by atoms with Crippen LogP contribution in [0.1, 0.15) is 21.5 Å². The van der Waals surface area contributed by atoms with Gasteiger partial charge < -0.3 is 4.74 Å². The van der Waals surface area contributed by atoms with E-state index in [1.807, 2.05) is 42.5 Å². The largest absolute Gasteiger partial charge is 0.488 e. The van der Waals surface area contributed by atoms with Crippen molar-refractivity contribution in [2.24, 2.45) is 0 Å². The highest BCUT2D eigenvalue weighted by Gasteiger charge is 2.14. The monoisotopic (exact) mass is 382 g/mol. The maximum atomic E-state index is 12.6. The fourth-order valence-corrected chi connectivity index (χ4v) is 2.64. The highest BCUT2D eigenvalue weighted by atomic mass is 79.9. The summed E-state index contributed by atoms with van der Waals surface area (Å²) in [7, 11) is 0. The van der Waals surface area contributed by atoms with Gasteiger partial charge in [-0.05, 0) is 29.3 Å². The van der Waals surface area contributed by atoms with E-state index in [4.69, 9.17) is 4.74 Å². The lowest BCUT2D eigenvalue weighted by Gasteiger charge is -2.11. The molecule has 1 aromatic heterocycles. The average Bonchev–Trinajstić information content (AvgIpc) is 2.62. The molecule has 0 spiro atoms. The summed E-state index contributed by atoms with van der Waals surface area (Å²) in [6.07, 6.45) is 4.97. The number of halogens is 1. The van der Waals surface area contributed by atoms with Gasteiger partial charge >= 0.3 is 0 Å². The molecule has 0 amide bonds. The fourth-order valence-electron chi connectivity index (χ4n) is 2.28. The quantitative estimate of drug-likeness (QED) is 0.598. The van der Waals surface area contributed by atoms with Gasteiger partial charge in [0.1, 0.15) is 18.7 Å². The van der Waals surface area contributed by atoms with Crippen molar-refractivity contribution < 1.29 is 9.53 Å². The second-order valence-electron chi connectivity index (χ2n) is 5.26. The number of hydrogen-bond acceptors (Lipinski definition) is 4. The van der Waals surface area contributed by atoms with Crippen molar-refractivity contribution in [2.45, 2.75) is 13.0 Å². The first kappa shape index (κ1) is 16.3. The van der Waals surface area contributed by atoms with Crippen LogP contribution in [-0.4, -0.2) is 15.8 Å². The van der Waals surface area contributed by atoms with Crippen molar-refractivity contribution in [3.63, 3.8) is 0 Å². The Morgan fingerprint density at radius 1 is 1.00 bits per heavy atom. The van der Waals surface area contributed by atoms with E-state index in [-0.39, 0.29) is 12.2 Å². The Morgan fingerprint density at radius 3 is 2.50 bits per heavy atom. The van der Waals surface area contributed by atoms with E-state index in [1.165, 1.54) is 6.33 Å². The normalized spacial score (nSPS) is 10.4. The molecule has 2 aromatic carbocycles. The molecule has 0 atom stereocenters. The third-order valence-electron chi connectivity index (χ3n) is 3.46. The van der Waals surface area contributed by atoms with Gasteiger partial charge in [-0.1, -0.05) is 46.3 Å². The van der Waals surface area contributed by atoms with Crippen LogP contribution in [0.2, 0.25) is 0 Å². The number of nitrogens with zero attached hydrogens (tertiary/aromatic N) is 2. The van der Waals surface area contributed by atoms with Crippen molar-refractivity contribution in [3.05, 3.63) is 88.4 Å². The molecule has 0 bridgehead atoms. The van der Waals surface area contributed by atoms with E-state index >= 15 is 0 Å². The number of benzene rings is 2. The molecular weight excluding hydrogens is 368 g/mol. The maximum Gasteiger partial charge on any atom is 0.171 e. The number of ketones is 1. The minimum absolute atomic E-state index is 0.0332. The molecule has 0 aliphatic carbocycles. The molecule has 0 saturated carbocycles. The first-order chi connectivity index (χ1) is 11.7. The SMILES string of the molecule is O=C(Cc1cncnc1)c1cc(Br)ccc1OCc1ccccc1. The highest BCUT2D eigenvalue weighted by molar-refractivity contribution is 9.10. The number of rotatable bonds is 6. The lowest BCUT2D eigenvalue weighted by Crippen LogP contribution is -2.08. The van der Waals surface area contributed by atoms with Gasteiger partial charge in [0.15, 0.2) is 5.78 Å². The molecule has 3 aromatic rings. The summed E-state index contributed by atoms with van der Waals surface area (Å²) in [5, 5.41) is 0. The Balaban J connectivity index is 1.79. The maximum absolute atomic E-state index is 12.6. The average molecular weight is 383 g/mol. The van der Waals surface area contributed by atoms with Crippen LogP contribution < -0.4 is 4.74 Å². The van der Waals surface area contributed by atoms with E-state index in [1.54, 1.807) is 18.5 Å². The Bertz CT molecular complexity index is 823. The van der Waals surface area contributed by atoms with Crippen LogP contribution in [0.3, 0.4) is 0 Å². The van der Waals surface area contributed by atoms with E-state index in [2.05, 4.69) is 25.9 Å². The standard InChI is InChI=1S/C19H15BrN2O2/c20-16-6-7-19(24-12-14-4-2-1-3-5-14)17(9-16)18(23)8-15-10-21-13-22-11-15/h1-7,9-11,13H,8,12H2. The van der Waals surface area contributed by atoms with Crippen LogP contribution in [0.25, 0.3) is 0 Å². The Kier molecular flexibility index (Phi) is 5.33. The predicted molar refractivity (Wildman–Crippen MR) is 95.0 cm³/mol. The zero-order valence-electron chi connectivity index (χ0n) is 12.9. The minimum atomic E-state index is -0.0332. The molecule has 0 aliphatic heterocycles. The van der Waals surface area contributed by atoms with Crippen LogP contribution in [0.15, 0.2) is 71.7 Å². The Labute approximate surface area is 148 Å².